The SMILES string of the molecule is CC(C)c1cc(=O)c2c(OCc3ccccc3CO)cc(Oc3ccncc3C(F)(F)F)cc2o1. The van der Waals surface area contributed by atoms with E-state index in [0.717, 1.165) is 6.07 Å². The van der Waals surface area contributed by atoms with Crippen molar-refractivity contribution in [1.29, 1.82) is 0 Å². The van der Waals surface area contributed by atoms with Crippen molar-refractivity contribution in [3.05, 3.63) is 93.6 Å². The Bertz CT molecular complexity index is 1410. The summed E-state index contributed by atoms with van der Waals surface area (Å²) in [5, 5.41) is 9.71. The van der Waals surface area contributed by atoms with Gasteiger partial charge in [-0.25, -0.2) is 0 Å². The van der Waals surface area contributed by atoms with E-state index in [0.29, 0.717) is 23.1 Å². The molecule has 6 nitrogen and oxygen atoms in total. The van der Waals surface area contributed by atoms with Crippen LogP contribution in [0.4, 0.5) is 13.2 Å². The molecule has 0 aliphatic rings. The average molecular weight is 485 g/mol. The van der Waals surface area contributed by atoms with Crippen molar-refractivity contribution in [2.24, 2.45) is 0 Å². The Labute approximate surface area is 198 Å². The Morgan fingerprint density at radius 2 is 1.80 bits per heavy atom. The molecule has 182 valence electrons. The van der Waals surface area contributed by atoms with Crippen LogP contribution in [0.15, 0.2) is 70.1 Å². The number of hydrogen-bond donors (Lipinski definition) is 1. The third kappa shape index (κ3) is 5.30. The summed E-state index contributed by atoms with van der Waals surface area (Å²) < 4.78 is 57.7. The van der Waals surface area contributed by atoms with Gasteiger partial charge in [-0.3, -0.25) is 9.78 Å². The van der Waals surface area contributed by atoms with E-state index < -0.39 is 17.5 Å². The van der Waals surface area contributed by atoms with E-state index in [9.17, 15) is 23.1 Å². The summed E-state index contributed by atoms with van der Waals surface area (Å²) in [6, 6.07) is 12.2. The van der Waals surface area contributed by atoms with Gasteiger partial charge in [-0.05, 0) is 17.2 Å². The highest BCUT2D eigenvalue weighted by atomic mass is 19.4. The van der Waals surface area contributed by atoms with E-state index in [1.165, 1.54) is 24.4 Å². The van der Waals surface area contributed by atoms with Crippen LogP contribution in [0.1, 0.15) is 42.2 Å². The van der Waals surface area contributed by atoms with Crippen molar-refractivity contribution in [3.8, 4) is 17.2 Å². The van der Waals surface area contributed by atoms with Crippen molar-refractivity contribution in [2.45, 2.75) is 39.2 Å². The van der Waals surface area contributed by atoms with Gasteiger partial charge in [0, 0.05) is 36.5 Å². The molecule has 0 fully saturated rings. The Morgan fingerprint density at radius 3 is 2.49 bits per heavy atom. The molecule has 0 atom stereocenters. The van der Waals surface area contributed by atoms with Crippen molar-refractivity contribution in [2.75, 3.05) is 0 Å². The van der Waals surface area contributed by atoms with Crippen molar-refractivity contribution < 1.29 is 32.2 Å². The van der Waals surface area contributed by atoms with E-state index in [-0.39, 0.29) is 47.0 Å². The second-order valence-corrected chi connectivity index (χ2v) is 8.15. The fourth-order valence-electron chi connectivity index (χ4n) is 3.52. The molecule has 0 bridgehead atoms. The van der Waals surface area contributed by atoms with Crippen LogP contribution < -0.4 is 14.9 Å². The summed E-state index contributed by atoms with van der Waals surface area (Å²) in [6.45, 7) is 3.50. The zero-order valence-electron chi connectivity index (χ0n) is 18.9. The molecule has 0 aliphatic heterocycles. The second kappa shape index (κ2) is 9.79. The number of rotatable bonds is 7. The van der Waals surface area contributed by atoms with Crippen LogP contribution in [0.2, 0.25) is 0 Å². The summed E-state index contributed by atoms with van der Waals surface area (Å²) in [7, 11) is 0. The highest BCUT2D eigenvalue weighted by Gasteiger charge is 2.35. The Morgan fingerprint density at radius 1 is 1.06 bits per heavy atom. The zero-order valence-corrected chi connectivity index (χ0v) is 18.9. The average Bonchev–Trinajstić information content (AvgIpc) is 2.82. The van der Waals surface area contributed by atoms with Crippen LogP contribution in [0.5, 0.6) is 17.2 Å². The number of benzene rings is 2. The van der Waals surface area contributed by atoms with Crippen LogP contribution in [-0.4, -0.2) is 10.1 Å². The normalized spacial score (nSPS) is 11.7. The quantitative estimate of drug-likeness (QED) is 0.336. The van der Waals surface area contributed by atoms with E-state index in [1.54, 1.807) is 24.3 Å². The molecule has 2 aromatic heterocycles. The minimum Gasteiger partial charge on any atom is -0.488 e. The van der Waals surface area contributed by atoms with Crippen LogP contribution in [-0.2, 0) is 19.4 Å². The third-order valence-corrected chi connectivity index (χ3v) is 5.34. The molecular weight excluding hydrogens is 463 g/mol. The molecule has 0 aliphatic carbocycles. The van der Waals surface area contributed by atoms with Gasteiger partial charge in [0.2, 0.25) is 0 Å². The summed E-state index contributed by atoms with van der Waals surface area (Å²) in [5.74, 6) is -0.0722. The summed E-state index contributed by atoms with van der Waals surface area (Å²) in [4.78, 5) is 16.5. The summed E-state index contributed by atoms with van der Waals surface area (Å²) >= 11 is 0. The number of aliphatic hydroxyl groups is 1. The predicted molar refractivity (Wildman–Crippen MR) is 123 cm³/mol. The van der Waals surface area contributed by atoms with E-state index >= 15 is 0 Å². The van der Waals surface area contributed by atoms with Gasteiger partial charge < -0.3 is 19.0 Å². The molecule has 9 heteroatoms. The van der Waals surface area contributed by atoms with Gasteiger partial charge in [-0.2, -0.15) is 13.2 Å². The largest absolute Gasteiger partial charge is 0.488 e. The minimum absolute atomic E-state index is 0.00369. The van der Waals surface area contributed by atoms with Gasteiger partial charge in [-0.1, -0.05) is 38.1 Å². The smallest absolute Gasteiger partial charge is 0.421 e. The molecule has 0 radical (unpaired) electrons. The fraction of sp³-hybridized carbons (Fsp3) is 0.231. The number of aliphatic hydroxyl groups excluding tert-OH is 1. The molecule has 0 unspecified atom stereocenters. The summed E-state index contributed by atoms with van der Waals surface area (Å²) in [5.41, 5.74) is 0.0477. The van der Waals surface area contributed by atoms with E-state index in [2.05, 4.69) is 4.98 Å². The first-order valence-electron chi connectivity index (χ1n) is 10.8. The summed E-state index contributed by atoms with van der Waals surface area (Å²) in [6.07, 6.45) is -2.81. The van der Waals surface area contributed by atoms with Gasteiger partial charge in [0.25, 0.3) is 0 Å². The lowest BCUT2D eigenvalue weighted by Crippen LogP contribution is -2.09. The molecule has 4 aromatic rings. The molecule has 35 heavy (non-hydrogen) atoms. The first-order valence-corrected chi connectivity index (χ1v) is 10.8. The third-order valence-electron chi connectivity index (χ3n) is 5.34. The van der Waals surface area contributed by atoms with Gasteiger partial charge in [0.15, 0.2) is 5.43 Å². The lowest BCUT2D eigenvalue weighted by Gasteiger charge is -2.16. The maximum absolute atomic E-state index is 13.4. The molecule has 0 saturated carbocycles. The second-order valence-electron chi connectivity index (χ2n) is 8.15. The lowest BCUT2D eigenvalue weighted by atomic mass is 10.1. The molecule has 2 aromatic carbocycles. The van der Waals surface area contributed by atoms with Gasteiger partial charge in [0.1, 0.15) is 46.1 Å². The number of aromatic nitrogens is 1. The molecule has 2 heterocycles. The Kier molecular flexibility index (Phi) is 6.79. The highest BCUT2D eigenvalue weighted by Crippen LogP contribution is 2.39. The topological polar surface area (TPSA) is 81.8 Å². The minimum atomic E-state index is -4.68. The molecule has 0 amide bonds. The maximum Gasteiger partial charge on any atom is 0.421 e. The highest BCUT2D eigenvalue weighted by molar-refractivity contribution is 5.85. The van der Waals surface area contributed by atoms with E-state index in [1.807, 2.05) is 13.8 Å². The standard InChI is InChI=1S/C26H22F3NO5/c1-15(2)22-11-20(32)25-23(33-14-17-6-4-3-5-16(17)13-31)9-18(10-24(25)35-22)34-21-7-8-30-12-19(21)26(27,28)29/h3-12,15,31H,13-14H2,1-2H3. The molecule has 0 saturated heterocycles. The van der Waals surface area contributed by atoms with E-state index in [4.69, 9.17) is 13.9 Å². The number of alkyl halides is 3. The van der Waals surface area contributed by atoms with Crippen molar-refractivity contribution in [3.63, 3.8) is 0 Å². The molecule has 0 spiro atoms. The molecule has 1 N–H and O–H groups in total. The van der Waals surface area contributed by atoms with Gasteiger partial charge >= 0.3 is 6.18 Å². The number of halogens is 3. The molecule has 4 rings (SSSR count). The van der Waals surface area contributed by atoms with Crippen molar-refractivity contribution in [1.82, 2.24) is 4.98 Å². The Balaban J connectivity index is 1.81. The number of hydrogen-bond acceptors (Lipinski definition) is 6. The van der Waals surface area contributed by atoms with Crippen LogP contribution >= 0.6 is 0 Å². The number of ether oxygens (including phenoxy) is 2. The molecular formula is C26H22F3NO5. The Hall–Kier alpha value is -3.85. The maximum atomic E-state index is 13.4. The zero-order chi connectivity index (χ0) is 25.2. The van der Waals surface area contributed by atoms with Crippen LogP contribution in [0.25, 0.3) is 11.0 Å². The fourth-order valence-corrected chi connectivity index (χ4v) is 3.52. The number of pyridine rings is 1. The predicted octanol–water partition coefficient (Wildman–Crippen LogP) is 6.19. The monoisotopic (exact) mass is 485 g/mol. The van der Waals surface area contributed by atoms with Crippen molar-refractivity contribution >= 4 is 11.0 Å². The van der Waals surface area contributed by atoms with Crippen LogP contribution in [0, 0.1) is 0 Å². The number of nitrogens with zero attached hydrogens (tertiary/aromatic N) is 1. The van der Waals surface area contributed by atoms with Gasteiger partial charge in [0.05, 0.1) is 6.61 Å². The number of fused-ring (bicyclic) bond motifs is 1. The van der Waals surface area contributed by atoms with Crippen LogP contribution in [0.3, 0.4) is 0 Å². The first-order chi connectivity index (χ1) is 16.7. The van der Waals surface area contributed by atoms with Gasteiger partial charge in [-0.15, -0.1) is 0 Å². The first kappa shape index (κ1) is 24.3. The lowest BCUT2D eigenvalue weighted by molar-refractivity contribution is -0.138.